The van der Waals surface area contributed by atoms with Gasteiger partial charge in [-0.1, -0.05) is 206 Å². The monoisotopic (exact) mass is 980 g/mol. The van der Waals surface area contributed by atoms with E-state index >= 15 is 0 Å². The highest BCUT2D eigenvalue weighted by Gasteiger charge is 2.52. The molecular weight excluding hydrogens is 879 g/mol. The first-order valence-electron chi connectivity index (χ1n) is 27.5. The Morgan fingerprint density at radius 3 is 1.38 bits per heavy atom. The number of ether oxygens (including phenoxy) is 4. The zero-order chi connectivity index (χ0) is 49.9. The summed E-state index contributed by atoms with van der Waals surface area (Å²) in [7, 11) is 0. The number of nitrogens with one attached hydrogen (secondary N) is 1. The van der Waals surface area contributed by atoms with Crippen molar-refractivity contribution in [3.8, 4) is 0 Å². The lowest BCUT2D eigenvalue weighted by Gasteiger charge is -2.43. The second-order valence-corrected chi connectivity index (χ2v) is 20.0. The number of carbonyl (C=O) groups excluding carboxylic acids is 1. The standard InChI is InChI=1S/C52H101NO15/c1-3-5-7-9-11-13-15-16-17-18-19-20-21-22-23-24-26-28-30-32-34-40(57)50(64)53-38(43(59)39(56)33-31-29-27-25-14-12-10-8-6-4-2)37-65-51-47(63)49(44(60)42(36-55)66-51)68-52-46(62)45(61)48(67-52)41(58)35-54/h38-49,51-52,54-63H,3-37H2,1-2H3,(H,53,64)/t38-,39+,40+,41+,42+,43-,44-,45-,46+,47+,48-,49-,51-,52+/m0/s1. The minimum absolute atomic E-state index is 0.204. The van der Waals surface area contributed by atoms with Crippen LogP contribution in [-0.2, 0) is 23.7 Å². The van der Waals surface area contributed by atoms with E-state index in [0.717, 1.165) is 44.9 Å². The van der Waals surface area contributed by atoms with Crippen molar-refractivity contribution >= 4 is 5.91 Å². The van der Waals surface area contributed by atoms with Crippen molar-refractivity contribution in [3.05, 3.63) is 0 Å². The molecule has 0 unspecified atom stereocenters. The molecule has 0 spiro atoms. The third-order valence-electron chi connectivity index (χ3n) is 14.0. The van der Waals surface area contributed by atoms with Gasteiger partial charge in [-0.2, -0.15) is 0 Å². The lowest BCUT2D eigenvalue weighted by atomic mass is 9.98. The average molecular weight is 980 g/mol. The van der Waals surface area contributed by atoms with Crippen molar-refractivity contribution in [1.82, 2.24) is 5.32 Å². The molecule has 2 aliphatic heterocycles. The van der Waals surface area contributed by atoms with Gasteiger partial charge in [-0.25, -0.2) is 0 Å². The van der Waals surface area contributed by atoms with Crippen LogP contribution in [0, 0.1) is 0 Å². The van der Waals surface area contributed by atoms with Crippen LogP contribution in [0.3, 0.4) is 0 Å². The minimum atomic E-state index is -1.82. The highest BCUT2D eigenvalue weighted by Crippen LogP contribution is 2.31. The molecular formula is C52H101NO15. The number of rotatable bonds is 44. The van der Waals surface area contributed by atoms with Crippen LogP contribution >= 0.6 is 0 Å². The Bertz CT molecular complexity index is 1190. The number of amides is 1. The van der Waals surface area contributed by atoms with E-state index in [0.29, 0.717) is 12.8 Å². The van der Waals surface area contributed by atoms with Gasteiger partial charge < -0.3 is 75.3 Å². The molecule has 0 bridgehead atoms. The van der Waals surface area contributed by atoms with Crippen molar-refractivity contribution < 1.29 is 74.8 Å². The van der Waals surface area contributed by atoms with Crippen LogP contribution in [0.1, 0.15) is 219 Å². The highest BCUT2D eigenvalue weighted by molar-refractivity contribution is 5.80. The summed E-state index contributed by atoms with van der Waals surface area (Å²) in [5.41, 5.74) is 0. The topological polar surface area (TPSA) is 268 Å². The molecule has 2 aliphatic rings. The summed E-state index contributed by atoms with van der Waals surface area (Å²) in [5, 5.41) is 108. The summed E-state index contributed by atoms with van der Waals surface area (Å²) in [6.45, 7) is 2.37. The molecule has 0 aromatic rings. The van der Waals surface area contributed by atoms with Crippen molar-refractivity contribution in [1.29, 1.82) is 0 Å². The maximum Gasteiger partial charge on any atom is 0.249 e. The van der Waals surface area contributed by atoms with Gasteiger partial charge in [0.25, 0.3) is 0 Å². The van der Waals surface area contributed by atoms with E-state index in [1.54, 1.807) is 0 Å². The molecule has 14 atom stereocenters. The molecule has 2 fully saturated rings. The molecule has 11 N–H and O–H groups in total. The largest absolute Gasteiger partial charge is 0.394 e. The predicted molar refractivity (Wildman–Crippen MR) is 261 cm³/mol. The zero-order valence-electron chi connectivity index (χ0n) is 42.3. The molecule has 0 aromatic carbocycles. The van der Waals surface area contributed by atoms with Crippen LogP contribution in [0.15, 0.2) is 0 Å². The molecule has 1 amide bonds. The highest BCUT2D eigenvalue weighted by atomic mass is 16.7. The molecule has 68 heavy (non-hydrogen) atoms. The molecule has 16 nitrogen and oxygen atoms in total. The second-order valence-electron chi connectivity index (χ2n) is 20.0. The Labute approximate surface area is 409 Å². The summed E-state index contributed by atoms with van der Waals surface area (Å²) < 4.78 is 22.5. The van der Waals surface area contributed by atoms with Gasteiger partial charge in [-0.15, -0.1) is 0 Å². The molecule has 0 aromatic heterocycles. The zero-order valence-corrected chi connectivity index (χ0v) is 42.3. The summed E-state index contributed by atoms with van der Waals surface area (Å²) >= 11 is 0. The van der Waals surface area contributed by atoms with Crippen LogP contribution in [0.4, 0.5) is 0 Å². The van der Waals surface area contributed by atoms with Gasteiger partial charge in [0, 0.05) is 0 Å². The number of aliphatic hydroxyl groups excluding tert-OH is 10. The van der Waals surface area contributed by atoms with E-state index in [-0.39, 0.29) is 12.8 Å². The number of carbonyl (C=O) groups is 1. The van der Waals surface area contributed by atoms with Gasteiger partial charge in [-0.3, -0.25) is 4.79 Å². The molecule has 0 saturated carbocycles. The normalized spacial score (nSPS) is 26.4. The Morgan fingerprint density at radius 1 is 0.529 bits per heavy atom. The van der Waals surface area contributed by atoms with Crippen LogP contribution < -0.4 is 5.32 Å². The van der Waals surface area contributed by atoms with Crippen molar-refractivity contribution in [3.63, 3.8) is 0 Å². The summed E-state index contributed by atoms with van der Waals surface area (Å²) in [5.74, 6) is -0.762. The summed E-state index contributed by atoms with van der Waals surface area (Å²) in [6.07, 6.45) is 15.7. The van der Waals surface area contributed by atoms with Crippen LogP contribution in [-0.4, -0.2) is 163 Å². The Morgan fingerprint density at radius 2 is 0.956 bits per heavy atom. The van der Waals surface area contributed by atoms with Gasteiger partial charge in [-0.05, 0) is 12.8 Å². The first-order valence-corrected chi connectivity index (χ1v) is 27.5. The molecule has 2 rings (SSSR count). The molecule has 2 saturated heterocycles. The van der Waals surface area contributed by atoms with E-state index in [9.17, 15) is 55.9 Å². The molecule has 0 aliphatic carbocycles. The number of unbranched alkanes of at least 4 members (excludes halogenated alkanes) is 28. The lowest BCUT2D eigenvalue weighted by molar-refractivity contribution is -0.332. The van der Waals surface area contributed by atoms with E-state index < -0.39 is 111 Å². The minimum Gasteiger partial charge on any atom is -0.394 e. The van der Waals surface area contributed by atoms with Crippen molar-refractivity contribution in [2.75, 3.05) is 19.8 Å². The third-order valence-corrected chi connectivity index (χ3v) is 14.0. The molecule has 404 valence electrons. The molecule has 16 heteroatoms. The molecule has 2 heterocycles. The predicted octanol–water partition coefficient (Wildman–Crippen LogP) is 5.72. The summed E-state index contributed by atoms with van der Waals surface area (Å²) in [6, 6.07) is -1.28. The van der Waals surface area contributed by atoms with Crippen LogP contribution in [0.5, 0.6) is 0 Å². The van der Waals surface area contributed by atoms with Gasteiger partial charge >= 0.3 is 0 Å². The Balaban J connectivity index is 1.85. The van der Waals surface area contributed by atoms with Crippen molar-refractivity contribution in [2.24, 2.45) is 0 Å². The molecule has 0 radical (unpaired) electrons. The lowest BCUT2D eigenvalue weighted by Crippen LogP contribution is -2.62. The number of aliphatic hydroxyl groups is 10. The van der Waals surface area contributed by atoms with Crippen LogP contribution in [0.25, 0.3) is 0 Å². The fourth-order valence-electron chi connectivity index (χ4n) is 9.42. The Hall–Kier alpha value is -1.09. The maximum atomic E-state index is 13.3. The first-order chi connectivity index (χ1) is 32.9. The van der Waals surface area contributed by atoms with Gasteiger partial charge in [0.15, 0.2) is 12.6 Å². The number of hydrogen-bond acceptors (Lipinski definition) is 15. The van der Waals surface area contributed by atoms with Gasteiger partial charge in [0.05, 0.1) is 32.0 Å². The number of hydrogen-bond donors (Lipinski definition) is 11. The van der Waals surface area contributed by atoms with E-state index in [1.807, 2.05) is 0 Å². The smallest absolute Gasteiger partial charge is 0.249 e. The van der Waals surface area contributed by atoms with Gasteiger partial charge in [0.2, 0.25) is 5.91 Å². The first kappa shape index (κ1) is 63.0. The fraction of sp³-hybridized carbons (Fsp3) is 0.981. The van der Waals surface area contributed by atoms with Gasteiger partial charge in [0.1, 0.15) is 61.0 Å². The van der Waals surface area contributed by atoms with Crippen molar-refractivity contribution in [2.45, 2.75) is 305 Å². The maximum absolute atomic E-state index is 13.3. The SMILES string of the molecule is CCCCCCCCCCCCCCCCCCCCCC[C@@H](O)C(=O)N[C@@H](CO[C@H]1O[C@H](CO)[C@H](O)[C@H](O[C@H]2O[C@@H]([C@H](O)CO)[C@@H](O)[C@H]2O)[C@H]1O)[C@H](O)[C@H](O)CCCCCCCCCCCC. The quantitative estimate of drug-likeness (QED) is 0.0326. The average Bonchev–Trinajstić information content (AvgIpc) is 3.62. The third kappa shape index (κ3) is 25.5. The van der Waals surface area contributed by atoms with E-state index in [2.05, 4.69) is 19.2 Å². The summed E-state index contributed by atoms with van der Waals surface area (Å²) in [4.78, 5) is 13.3. The second kappa shape index (κ2) is 39.4. The Kier molecular flexibility index (Phi) is 36.6. The van der Waals surface area contributed by atoms with E-state index in [1.165, 1.54) is 135 Å². The van der Waals surface area contributed by atoms with E-state index in [4.69, 9.17) is 18.9 Å². The fourth-order valence-corrected chi connectivity index (χ4v) is 9.42. The van der Waals surface area contributed by atoms with Crippen LogP contribution in [0.2, 0.25) is 0 Å².